The number of piperidine rings is 1. The Morgan fingerprint density at radius 2 is 1.88 bits per heavy atom. The Morgan fingerprint density at radius 3 is 2.62 bits per heavy atom. The lowest BCUT2D eigenvalue weighted by atomic mass is 9.98. The number of rotatable bonds is 6. The van der Waals surface area contributed by atoms with Gasteiger partial charge in [0.1, 0.15) is 0 Å². The van der Waals surface area contributed by atoms with E-state index in [0.29, 0.717) is 31.7 Å². The van der Waals surface area contributed by atoms with Crippen LogP contribution in [-0.2, 0) is 19.6 Å². The highest BCUT2D eigenvalue weighted by atomic mass is 32.2. The molecule has 0 saturated carbocycles. The Kier molecular flexibility index (Phi) is 6.37. The van der Waals surface area contributed by atoms with Gasteiger partial charge in [0, 0.05) is 37.7 Å². The molecule has 2 amide bonds. The minimum atomic E-state index is -3.84. The van der Waals surface area contributed by atoms with Crippen molar-refractivity contribution in [3.8, 4) is 0 Å². The van der Waals surface area contributed by atoms with E-state index in [9.17, 15) is 18.0 Å². The fraction of sp³-hybridized carbons (Fsp3) is 0.375. The summed E-state index contributed by atoms with van der Waals surface area (Å²) in [6.07, 6.45) is 3.13. The number of thiazole rings is 1. The third-order valence-electron chi connectivity index (χ3n) is 6.38. The second kappa shape index (κ2) is 9.44. The molecular weight excluding hydrogens is 472 g/mol. The number of aromatic nitrogens is 1. The van der Waals surface area contributed by atoms with Crippen molar-refractivity contribution < 1.29 is 18.0 Å². The highest BCUT2D eigenvalue weighted by Crippen LogP contribution is 2.33. The molecule has 0 aliphatic carbocycles. The Hall–Kier alpha value is -2.82. The van der Waals surface area contributed by atoms with Crippen molar-refractivity contribution in [1.82, 2.24) is 14.6 Å². The quantitative estimate of drug-likeness (QED) is 0.563. The van der Waals surface area contributed by atoms with Crippen LogP contribution in [0, 0.1) is 0 Å². The molecule has 3 heterocycles. The predicted molar refractivity (Wildman–Crippen MR) is 131 cm³/mol. The largest absolute Gasteiger partial charge is 0.341 e. The Balaban J connectivity index is 1.20. The van der Waals surface area contributed by atoms with Gasteiger partial charge in [-0.25, -0.2) is 18.1 Å². The summed E-state index contributed by atoms with van der Waals surface area (Å²) in [5.41, 5.74) is 1.66. The lowest BCUT2D eigenvalue weighted by Crippen LogP contribution is -2.44. The van der Waals surface area contributed by atoms with Crippen LogP contribution in [0.4, 0.5) is 5.69 Å². The zero-order valence-corrected chi connectivity index (χ0v) is 20.3. The second-order valence-corrected chi connectivity index (χ2v) is 11.5. The predicted octanol–water partition coefficient (Wildman–Crippen LogP) is 3.11. The van der Waals surface area contributed by atoms with E-state index in [4.69, 9.17) is 4.98 Å². The van der Waals surface area contributed by atoms with Gasteiger partial charge in [0.05, 0.1) is 26.7 Å². The highest BCUT2D eigenvalue weighted by Gasteiger charge is 2.28. The van der Waals surface area contributed by atoms with Crippen LogP contribution in [0.15, 0.2) is 53.4 Å². The summed E-state index contributed by atoms with van der Waals surface area (Å²) in [5, 5.41) is 1.02. The number of anilines is 1. The third-order valence-corrected chi connectivity index (χ3v) is 9.00. The summed E-state index contributed by atoms with van der Waals surface area (Å²) in [4.78, 5) is 32.9. The van der Waals surface area contributed by atoms with Gasteiger partial charge < -0.3 is 9.80 Å². The molecule has 178 valence electrons. The second-order valence-electron chi connectivity index (χ2n) is 8.67. The number of nitrogens with one attached hydrogen (secondary N) is 1. The number of hydrogen-bond donors (Lipinski definition) is 1. The molecule has 2 aromatic carbocycles. The molecule has 1 aromatic heterocycles. The van der Waals surface area contributed by atoms with E-state index in [2.05, 4.69) is 4.72 Å². The number of carbonyl (C=O) groups excluding carboxylic acids is 2. The molecule has 0 spiro atoms. The molecule has 34 heavy (non-hydrogen) atoms. The van der Waals surface area contributed by atoms with Gasteiger partial charge in [-0.05, 0) is 55.7 Å². The minimum Gasteiger partial charge on any atom is -0.341 e. The Morgan fingerprint density at radius 1 is 1.09 bits per heavy atom. The lowest BCUT2D eigenvalue weighted by molar-refractivity contribution is -0.131. The summed E-state index contributed by atoms with van der Waals surface area (Å²) >= 11 is 1.66. The molecule has 2 fully saturated rings. The maximum atomic E-state index is 12.8. The molecule has 10 heteroatoms. The number of amides is 2. The topological polar surface area (TPSA) is 99.7 Å². The molecule has 1 N–H and O–H groups in total. The molecule has 0 bridgehead atoms. The summed E-state index contributed by atoms with van der Waals surface area (Å²) in [5.74, 6) is -0.0359. The number of sulfonamides is 1. The maximum Gasteiger partial charge on any atom is 0.241 e. The van der Waals surface area contributed by atoms with E-state index in [-0.39, 0.29) is 29.2 Å². The van der Waals surface area contributed by atoms with Gasteiger partial charge >= 0.3 is 0 Å². The average Bonchev–Trinajstić information content (AvgIpc) is 3.49. The number of carbonyl (C=O) groups is 2. The van der Waals surface area contributed by atoms with E-state index in [0.717, 1.165) is 34.5 Å². The molecule has 2 aliphatic heterocycles. The SMILES string of the molecule is O=C(CNS(=O)(=O)c1ccc(N2CCCC2=O)cc1)N1CCCC(c2nc3ccccc3s2)C1. The van der Waals surface area contributed by atoms with Crippen LogP contribution >= 0.6 is 11.3 Å². The molecule has 1 atom stereocenters. The summed E-state index contributed by atoms with van der Waals surface area (Å²) in [7, 11) is -3.84. The smallest absolute Gasteiger partial charge is 0.241 e. The average molecular weight is 499 g/mol. The summed E-state index contributed by atoms with van der Waals surface area (Å²) in [6, 6.07) is 14.2. The first-order valence-electron chi connectivity index (χ1n) is 11.4. The first-order valence-corrected chi connectivity index (χ1v) is 13.7. The number of nitrogens with zero attached hydrogens (tertiary/aromatic N) is 3. The number of benzene rings is 2. The van der Waals surface area contributed by atoms with Crippen LogP contribution in [0.1, 0.15) is 36.6 Å². The monoisotopic (exact) mass is 498 g/mol. The first kappa shape index (κ1) is 22.9. The molecule has 5 rings (SSSR count). The van der Waals surface area contributed by atoms with Crippen molar-refractivity contribution in [2.24, 2.45) is 0 Å². The molecule has 2 saturated heterocycles. The normalized spacial score (nSPS) is 19.2. The van der Waals surface area contributed by atoms with E-state index in [1.54, 1.807) is 33.3 Å². The standard InChI is InChI=1S/C24H26N4O4S2/c29-22-8-4-14-28(22)18-9-11-19(12-10-18)34(31,32)25-15-23(30)27-13-3-5-17(16-27)24-26-20-6-1-2-7-21(20)33-24/h1-2,6-7,9-12,17,25H,3-5,8,13-16H2. The minimum absolute atomic E-state index is 0.0463. The van der Waals surface area contributed by atoms with Crippen LogP contribution in [0.25, 0.3) is 10.2 Å². The fourth-order valence-electron chi connectivity index (χ4n) is 4.55. The van der Waals surface area contributed by atoms with Crippen molar-refractivity contribution in [3.05, 3.63) is 53.5 Å². The molecule has 1 unspecified atom stereocenters. The first-order chi connectivity index (χ1) is 16.4. The van der Waals surface area contributed by atoms with E-state index in [1.165, 1.54) is 12.1 Å². The summed E-state index contributed by atoms with van der Waals surface area (Å²) < 4.78 is 29.0. The molecule has 2 aliphatic rings. The van der Waals surface area contributed by atoms with Gasteiger partial charge in [-0.3, -0.25) is 9.59 Å². The Labute approximate surface area is 202 Å². The van der Waals surface area contributed by atoms with Crippen LogP contribution < -0.4 is 9.62 Å². The number of para-hydroxylation sites is 1. The third kappa shape index (κ3) is 4.70. The van der Waals surface area contributed by atoms with Crippen LogP contribution in [-0.4, -0.2) is 56.3 Å². The molecule has 8 nitrogen and oxygen atoms in total. The van der Waals surface area contributed by atoms with Crippen LogP contribution in [0.5, 0.6) is 0 Å². The van der Waals surface area contributed by atoms with Gasteiger partial charge in [-0.15, -0.1) is 11.3 Å². The summed E-state index contributed by atoms with van der Waals surface area (Å²) in [6.45, 7) is 1.51. The van der Waals surface area contributed by atoms with E-state index in [1.807, 2.05) is 24.3 Å². The van der Waals surface area contributed by atoms with Gasteiger partial charge in [0.25, 0.3) is 0 Å². The Bertz CT molecular complexity index is 1290. The highest BCUT2D eigenvalue weighted by molar-refractivity contribution is 7.89. The molecule has 0 radical (unpaired) electrons. The zero-order valence-electron chi connectivity index (χ0n) is 18.6. The zero-order chi connectivity index (χ0) is 23.7. The van der Waals surface area contributed by atoms with Crippen molar-refractivity contribution in [1.29, 1.82) is 0 Å². The number of likely N-dealkylation sites (tertiary alicyclic amines) is 1. The fourth-order valence-corrected chi connectivity index (χ4v) is 6.62. The van der Waals surface area contributed by atoms with Crippen molar-refractivity contribution in [2.75, 3.05) is 31.1 Å². The van der Waals surface area contributed by atoms with Gasteiger partial charge in [-0.1, -0.05) is 12.1 Å². The molecular formula is C24H26N4O4S2. The molecule has 3 aromatic rings. The van der Waals surface area contributed by atoms with E-state index >= 15 is 0 Å². The lowest BCUT2D eigenvalue weighted by Gasteiger charge is -2.32. The van der Waals surface area contributed by atoms with Crippen molar-refractivity contribution in [3.63, 3.8) is 0 Å². The van der Waals surface area contributed by atoms with Crippen LogP contribution in [0.2, 0.25) is 0 Å². The number of hydrogen-bond acceptors (Lipinski definition) is 6. The van der Waals surface area contributed by atoms with Gasteiger partial charge in [0.15, 0.2) is 0 Å². The van der Waals surface area contributed by atoms with Gasteiger partial charge in [-0.2, -0.15) is 0 Å². The maximum absolute atomic E-state index is 12.8. The number of fused-ring (bicyclic) bond motifs is 1. The van der Waals surface area contributed by atoms with Gasteiger partial charge in [0.2, 0.25) is 21.8 Å². The van der Waals surface area contributed by atoms with Crippen LogP contribution in [0.3, 0.4) is 0 Å². The van der Waals surface area contributed by atoms with Crippen molar-refractivity contribution >= 4 is 49.1 Å². The van der Waals surface area contributed by atoms with E-state index < -0.39 is 10.0 Å². The van der Waals surface area contributed by atoms with Crippen molar-refractivity contribution in [2.45, 2.75) is 36.5 Å².